The molecule has 0 unspecified atom stereocenters. The summed E-state index contributed by atoms with van der Waals surface area (Å²) in [5.41, 5.74) is 15.6. The van der Waals surface area contributed by atoms with Crippen molar-refractivity contribution in [2.45, 2.75) is 0 Å². The first kappa shape index (κ1) is 11.6. The predicted molar refractivity (Wildman–Crippen MR) is 54.0 cm³/mol. The molecule has 0 aromatic carbocycles. The average molecular weight is 185 g/mol. The Morgan fingerprint density at radius 2 is 1.62 bits per heavy atom. The second-order valence-electron chi connectivity index (χ2n) is 3.16. The van der Waals surface area contributed by atoms with Gasteiger partial charge in [-0.25, -0.2) is 0 Å². The second-order valence-corrected chi connectivity index (χ2v) is 3.64. The summed E-state index contributed by atoms with van der Waals surface area (Å²) in [6, 6.07) is 0. The summed E-state index contributed by atoms with van der Waals surface area (Å²) in [6.07, 6.45) is 0. The van der Waals surface area contributed by atoms with E-state index >= 15 is 0 Å². The Balaban J connectivity index is 5.32. The van der Waals surface area contributed by atoms with Gasteiger partial charge in [-0.2, -0.15) is 0 Å². The minimum atomic E-state index is 0.645. The Morgan fingerprint density at radius 1 is 1.08 bits per heavy atom. The molecule has 0 rings (SSSR count). The lowest BCUT2D eigenvalue weighted by molar-refractivity contribution is -0.823. The van der Waals surface area contributed by atoms with Gasteiger partial charge in [0.25, 0.3) is 0 Å². The van der Waals surface area contributed by atoms with E-state index in [1.165, 1.54) is 0 Å². The van der Waals surface area contributed by atoms with Gasteiger partial charge in [0.2, 0.25) is 0 Å². The van der Waals surface area contributed by atoms with Crippen LogP contribution in [0.5, 0.6) is 0 Å². The smallest absolute Gasteiger partial charge is 0.169 e. The minimum absolute atomic E-state index is 0.645. The zero-order chi connectivity index (χ0) is 10.3. The van der Waals surface area contributed by atoms with Gasteiger partial charge in [-0.05, 0) is 35.2 Å². The van der Waals surface area contributed by atoms with Crippen LogP contribution in [0.25, 0.3) is 0 Å². The highest BCUT2D eigenvalue weighted by atomic mass is 28.1. The zero-order valence-corrected chi connectivity index (χ0v) is 9.15. The molecule has 0 N–H and O–H groups in total. The fraction of sp³-hybridized carbons (Fsp3) is 0.273. The highest BCUT2D eigenvalue weighted by Crippen LogP contribution is 1.98. The molecule has 13 heavy (non-hydrogen) atoms. The molecule has 0 saturated heterocycles. The molecule has 0 atom stereocenters. The van der Waals surface area contributed by atoms with Crippen LogP contribution >= 0.6 is 0 Å². The van der Waals surface area contributed by atoms with Crippen molar-refractivity contribution in [3.05, 3.63) is 46.3 Å². The van der Waals surface area contributed by atoms with Gasteiger partial charge in [-0.1, -0.05) is 5.73 Å². The van der Waals surface area contributed by atoms with Crippen molar-refractivity contribution in [3.8, 4) is 0 Å². The third-order valence-electron chi connectivity index (χ3n) is 1.13. The lowest BCUT2D eigenvalue weighted by Gasteiger charge is -2.21. The summed E-state index contributed by atoms with van der Waals surface area (Å²) in [4.78, 5) is 0. The fourth-order valence-electron chi connectivity index (χ4n) is 0.365. The van der Waals surface area contributed by atoms with Crippen LogP contribution in [0.2, 0.25) is 0 Å². The molecule has 0 aliphatic carbocycles. The van der Waals surface area contributed by atoms with E-state index in [9.17, 15) is 0 Å². The van der Waals surface area contributed by atoms with Crippen molar-refractivity contribution >= 4 is 10.2 Å². The van der Waals surface area contributed by atoms with E-state index in [1.54, 1.807) is 0 Å². The Hall–Kier alpha value is -1.40. The quantitative estimate of drug-likeness (QED) is 0.328. The normalized spacial score (nSPS) is 8.00. The maximum absolute atomic E-state index is 3.42. The van der Waals surface area contributed by atoms with Crippen molar-refractivity contribution in [2.24, 2.45) is 0 Å². The highest BCUT2D eigenvalue weighted by Gasteiger charge is 2.08. The van der Waals surface area contributed by atoms with Gasteiger partial charge in [0.05, 0.1) is 21.1 Å². The zero-order valence-electron chi connectivity index (χ0n) is 8.15. The van der Waals surface area contributed by atoms with Crippen LogP contribution < -0.4 is 0 Å². The molecule has 3 radical (unpaired) electrons. The third-order valence-corrected chi connectivity index (χ3v) is 1.92. The summed E-state index contributed by atoms with van der Waals surface area (Å²) in [5.74, 6) is 0. The lowest BCUT2D eigenvalue weighted by Crippen LogP contribution is -2.32. The molecule has 0 bridgehead atoms. The Bertz CT molecular complexity index is 401. The Morgan fingerprint density at radius 3 is 2.08 bits per heavy atom. The van der Waals surface area contributed by atoms with Gasteiger partial charge in [-0.15, -0.1) is 0 Å². The molecule has 0 heterocycles. The molecule has 63 valence electrons. The molecular formula is C11H11NSi+. The largest absolute Gasteiger partial charge is 0.300 e. The van der Waals surface area contributed by atoms with Crippen LogP contribution in [-0.2, 0) is 0 Å². The molecule has 0 fully saturated rings. The summed E-state index contributed by atoms with van der Waals surface area (Å²) < 4.78 is 0.645. The second kappa shape index (κ2) is 5.28. The first-order valence-electron chi connectivity index (χ1n) is 3.67. The molecule has 1 nitrogen and oxygen atoms in total. The van der Waals surface area contributed by atoms with E-state index in [0.717, 1.165) is 5.32 Å². The van der Waals surface area contributed by atoms with Crippen LogP contribution in [0.4, 0.5) is 0 Å². The van der Waals surface area contributed by atoms with Gasteiger partial charge in [0, 0.05) is 0 Å². The van der Waals surface area contributed by atoms with E-state index < -0.39 is 0 Å². The first-order chi connectivity index (χ1) is 5.98. The van der Waals surface area contributed by atoms with Crippen LogP contribution in [0.15, 0.2) is 46.3 Å². The molecule has 0 aromatic heterocycles. The van der Waals surface area contributed by atoms with Crippen LogP contribution in [0.3, 0.4) is 0 Å². The van der Waals surface area contributed by atoms with E-state index in [0.29, 0.717) is 4.48 Å². The van der Waals surface area contributed by atoms with Crippen LogP contribution in [0, 0.1) is 0 Å². The average Bonchev–Trinajstić information content (AvgIpc) is 2.02. The topological polar surface area (TPSA) is 0 Å². The number of rotatable bonds is 1. The highest BCUT2D eigenvalue weighted by molar-refractivity contribution is 6.19. The summed E-state index contributed by atoms with van der Waals surface area (Å²) >= 11 is 0. The van der Waals surface area contributed by atoms with Crippen LogP contribution in [-0.4, -0.2) is 35.9 Å². The van der Waals surface area contributed by atoms with Gasteiger partial charge in [0.15, 0.2) is 10.2 Å². The first-order valence-corrected chi connectivity index (χ1v) is 4.17. The maximum Gasteiger partial charge on any atom is 0.169 e. The maximum atomic E-state index is 3.42. The number of nitrogens with zero attached hydrogens (tertiary/aromatic N) is 1. The molecule has 0 aliphatic rings. The van der Waals surface area contributed by atoms with Crippen molar-refractivity contribution in [3.63, 3.8) is 0 Å². The van der Waals surface area contributed by atoms with Crippen molar-refractivity contribution in [1.82, 2.24) is 0 Å². The van der Waals surface area contributed by atoms with Gasteiger partial charge < -0.3 is 4.48 Å². The minimum Gasteiger partial charge on any atom is -0.300 e. The molecule has 0 saturated carbocycles. The van der Waals surface area contributed by atoms with Gasteiger partial charge >= 0.3 is 0 Å². The van der Waals surface area contributed by atoms with Crippen molar-refractivity contribution in [1.29, 1.82) is 0 Å². The summed E-state index contributed by atoms with van der Waals surface area (Å²) in [6.45, 7) is 3.33. The summed E-state index contributed by atoms with van der Waals surface area (Å²) in [7, 11) is 9.46. The molecule has 0 aromatic rings. The number of quaternary nitrogens is 1. The lowest BCUT2D eigenvalue weighted by atomic mass is 10.6. The van der Waals surface area contributed by atoms with Gasteiger partial charge in [0.1, 0.15) is 5.32 Å². The van der Waals surface area contributed by atoms with Crippen molar-refractivity contribution < 1.29 is 4.48 Å². The number of hydrogen-bond acceptors (Lipinski definition) is 0. The standard InChI is InChI=1S/C11H11NSi/c1-5-6-7-8-9-10-11(13)12(2,3)4/h1H2,2-4H3/q+1. The molecule has 0 aliphatic heterocycles. The molecule has 2 heteroatoms. The predicted octanol–water partition coefficient (Wildman–Crippen LogP) is 1.26. The number of hydrogen-bond donors (Lipinski definition) is 0. The SMILES string of the molecule is C=C=C=C=C=C=C=C([Si])[N+](C)(C)C. The van der Waals surface area contributed by atoms with Gasteiger partial charge in [-0.3, -0.25) is 0 Å². The molecular weight excluding hydrogens is 174 g/mol. The third kappa shape index (κ3) is 5.82. The molecule has 0 spiro atoms. The Labute approximate surface area is 82.7 Å². The molecule has 0 amide bonds. The van der Waals surface area contributed by atoms with E-state index in [1.807, 2.05) is 21.1 Å². The Kier molecular flexibility index (Phi) is 4.71. The summed E-state index contributed by atoms with van der Waals surface area (Å²) in [5, 5.41) is 0.872. The van der Waals surface area contributed by atoms with E-state index in [4.69, 9.17) is 0 Å². The van der Waals surface area contributed by atoms with E-state index in [2.05, 4.69) is 51.2 Å². The van der Waals surface area contributed by atoms with Crippen LogP contribution in [0.1, 0.15) is 0 Å². The fourth-order valence-corrected chi connectivity index (χ4v) is 0.427. The van der Waals surface area contributed by atoms with Crippen molar-refractivity contribution in [2.75, 3.05) is 21.1 Å². The van der Waals surface area contributed by atoms with E-state index in [-0.39, 0.29) is 0 Å². The monoisotopic (exact) mass is 185 g/mol.